The summed E-state index contributed by atoms with van der Waals surface area (Å²) in [6.45, 7) is 4.39. The first-order valence-corrected chi connectivity index (χ1v) is 15.4. The van der Waals surface area contributed by atoms with Crippen molar-refractivity contribution in [3.63, 3.8) is 0 Å². The van der Waals surface area contributed by atoms with E-state index < -0.39 is 77.6 Å². The van der Waals surface area contributed by atoms with Crippen molar-refractivity contribution >= 4 is 66.6 Å². The van der Waals surface area contributed by atoms with Gasteiger partial charge in [-0.05, 0) is 32.3 Å². The topological polar surface area (TPSA) is 209 Å². The van der Waals surface area contributed by atoms with Gasteiger partial charge in [-0.15, -0.1) is 0 Å². The van der Waals surface area contributed by atoms with E-state index >= 15 is 0 Å². The Bertz CT molecular complexity index is 1220. The van der Waals surface area contributed by atoms with Crippen molar-refractivity contribution in [1.29, 1.82) is 0 Å². The van der Waals surface area contributed by atoms with E-state index in [4.69, 9.17) is 5.73 Å². The summed E-state index contributed by atoms with van der Waals surface area (Å²) in [7, 11) is 0. The fourth-order valence-corrected chi connectivity index (χ4v) is 5.07. The Labute approximate surface area is 267 Å². The Kier molecular flexibility index (Phi) is 14.5. The molecule has 14 nitrogen and oxygen atoms in total. The van der Waals surface area contributed by atoms with Gasteiger partial charge in [0, 0.05) is 31.4 Å². The standard InChI is InChI=1S/C28H41N7O7S2/c1-15(24(38)30-16(2)25(39)34-20(13-43)23(29)37)31-26(40)19(12-18-8-5-4-6-9-18)33-27(41)22-10-7-11-35(22)28(42)21(14-44)32-17(3)36/h4-6,8-9,15-16,19-22,43-44H,7,10-14H2,1-3H3,(H2,29,37)(H,30,38)(H,31,40)(H,32,36)(H,33,41)(H,34,39). The summed E-state index contributed by atoms with van der Waals surface area (Å²) in [6, 6.07) is 2.85. The number of nitrogens with two attached hydrogens (primary N) is 1. The van der Waals surface area contributed by atoms with Gasteiger partial charge in [0.15, 0.2) is 0 Å². The average Bonchev–Trinajstić information content (AvgIpc) is 3.48. The van der Waals surface area contributed by atoms with Crippen LogP contribution in [0.5, 0.6) is 0 Å². The molecule has 0 bridgehead atoms. The van der Waals surface area contributed by atoms with Crippen LogP contribution < -0.4 is 32.3 Å². The first kappa shape index (κ1) is 36.4. The molecule has 44 heavy (non-hydrogen) atoms. The van der Waals surface area contributed by atoms with Gasteiger partial charge in [-0.2, -0.15) is 25.3 Å². The molecule has 0 aromatic heterocycles. The number of thiol groups is 2. The maximum absolute atomic E-state index is 13.4. The maximum atomic E-state index is 13.4. The third-order valence-corrected chi connectivity index (χ3v) is 7.69. The first-order valence-electron chi connectivity index (χ1n) is 14.1. The van der Waals surface area contributed by atoms with Gasteiger partial charge in [0.2, 0.25) is 41.4 Å². The zero-order chi connectivity index (χ0) is 33.0. The molecule has 7 amide bonds. The normalized spacial score (nSPS) is 17.7. The van der Waals surface area contributed by atoms with Gasteiger partial charge in [0.1, 0.15) is 36.3 Å². The molecule has 1 aromatic rings. The Morgan fingerprint density at radius 1 is 0.818 bits per heavy atom. The lowest BCUT2D eigenvalue weighted by atomic mass is 10.0. The van der Waals surface area contributed by atoms with Crippen LogP contribution in [-0.4, -0.2) is 101 Å². The molecule has 6 atom stereocenters. The molecule has 1 aliphatic rings. The number of rotatable bonds is 15. The summed E-state index contributed by atoms with van der Waals surface area (Å²) in [5, 5.41) is 12.7. The number of likely N-dealkylation sites (tertiary alicyclic amines) is 1. The minimum Gasteiger partial charge on any atom is -0.368 e. The number of benzene rings is 1. The third kappa shape index (κ3) is 10.7. The Balaban J connectivity index is 2.13. The van der Waals surface area contributed by atoms with Gasteiger partial charge in [0.25, 0.3) is 0 Å². The number of nitrogens with one attached hydrogen (secondary N) is 5. The van der Waals surface area contributed by atoms with E-state index in [1.165, 1.54) is 25.7 Å². The molecular formula is C28H41N7O7S2. The highest BCUT2D eigenvalue weighted by atomic mass is 32.1. The van der Waals surface area contributed by atoms with Gasteiger partial charge in [-0.1, -0.05) is 30.3 Å². The van der Waals surface area contributed by atoms with Gasteiger partial charge < -0.3 is 37.2 Å². The van der Waals surface area contributed by atoms with Gasteiger partial charge in [-0.3, -0.25) is 33.6 Å². The number of nitrogens with zero attached hydrogens (tertiary/aromatic N) is 1. The molecule has 1 fully saturated rings. The Morgan fingerprint density at radius 2 is 1.39 bits per heavy atom. The smallest absolute Gasteiger partial charge is 0.246 e. The Hall–Kier alpha value is -3.79. The molecule has 1 saturated heterocycles. The van der Waals surface area contributed by atoms with Gasteiger partial charge >= 0.3 is 0 Å². The van der Waals surface area contributed by atoms with Crippen molar-refractivity contribution in [2.24, 2.45) is 5.73 Å². The lowest BCUT2D eigenvalue weighted by Crippen LogP contribution is -2.59. The predicted molar refractivity (Wildman–Crippen MR) is 168 cm³/mol. The number of carbonyl (C=O) groups excluding carboxylic acids is 7. The molecule has 1 aliphatic heterocycles. The van der Waals surface area contributed by atoms with Crippen LogP contribution in [0, 0.1) is 0 Å². The average molecular weight is 652 g/mol. The van der Waals surface area contributed by atoms with Crippen LogP contribution in [0.4, 0.5) is 0 Å². The second-order valence-corrected chi connectivity index (χ2v) is 11.2. The molecule has 0 aliphatic carbocycles. The zero-order valence-corrected chi connectivity index (χ0v) is 26.7. The molecule has 16 heteroatoms. The van der Waals surface area contributed by atoms with E-state index in [1.54, 1.807) is 30.3 Å². The number of amides is 7. The fraction of sp³-hybridized carbons (Fsp3) is 0.536. The monoisotopic (exact) mass is 651 g/mol. The van der Waals surface area contributed by atoms with Crippen LogP contribution in [0.25, 0.3) is 0 Å². The number of primary amides is 1. The Morgan fingerprint density at radius 3 is 1.93 bits per heavy atom. The van der Waals surface area contributed by atoms with E-state index in [0.29, 0.717) is 19.4 Å². The second kappa shape index (κ2) is 17.5. The van der Waals surface area contributed by atoms with Crippen LogP contribution in [0.3, 0.4) is 0 Å². The molecule has 1 heterocycles. The predicted octanol–water partition coefficient (Wildman–Crippen LogP) is -1.95. The molecule has 7 N–H and O–H groups in total. The van der Waals surface area contributed by atoms with Crippen LogP contribution >= 0.6 is 25.3 Å². The molecule has 1 aromatic carbocycles. The summed E-state index contributed by atoms with van der Waals surface area (Å²) in [6.07, 6.45) is 1.00. The lowest BCUT2D eigenvalue weighted by Gasteiger charge is -2.29. The van der Waals surface area contributed by atoms with Crippen LogP contribution in [0.15, 0.2) is 30.3 Å². The second-order valence-electron chi connectivity index (χ2n) is 10.5. The molecule has 2 rings (SSSR count). The van der Waals surface area contributed by atoms with E-state index in [0.717, 1.165) is 5.56 Å². The summed E-state index contributed by atoms with van der Waals surface area (Å²) >= 11 is 8.12. The van der Waals surface area contributed by atoms with Gasteiger partial charge in [0.05, 0.1) is 0 Å². The van der Waals surface area contributed by atoms with Crippen LogP contribution in [-0.2, 0) is 40.0 Å². The molecule has 0 saturated carbocycles. The van der Waals surface area contributed by atoms with Crippen molar-refractivity contribution in [2.45, 2.75) is 76.3 Å². The number of carbonyl (C=O) groups is 7. The highest BCUT2D eigenvalue weighted by molar-refractivity contribution is 7.80. The lowest BCUT2D eigenvalue weighted by molar-refractivity contribution is -0.141. The van der Waals surface area contributed by atoms with E-state index in [1.807, 2.05) is 0 Å². The molecule has 0 radical (unpaired) electrons. The van der Waals surface area contributed by atoms with E-state index in [-0.39, 0.29) is 17.9 Å². The van der Waals surface area contributed by atoms with Crippen molar-refractivity contribution < 1.29 is 33.6 Å². The summed E-state index contributed by atoms with van der Waals surface area (Å²) < 4.78 is 0. The SMILES string of the molecule is CC(=O)NC(CS)C(=O)N1CCCC1C(=O)NC(Cc1ccccc1)C(=O)NC(C)C(=O)NC(C)C(=O)NC(CS)C(N)=O. The minimum atomic E-state index is -1.11. The van der Waals surface area contributed by atoms with Crippen LogP contribution in [0.2, 0.25) is 0 Å². The van der Waals surface area contributed by atoms with Crippen molar-refractivity contribution in [1.82, 2.24) is 31.5 Å². The number of hydrogen-bond acceptors (Lipinski definition) is 9. The minimum absolute atomic E-state index is 0.0272. The van der Waals surface area contributed by atoms with Gasteiger partial charge in [-0.25, -0.2) is 0 Å². The molecule has 242 valence electrons. The fourth-order valence-electron chi connectivity index (χ4n) is 4.55. The summed E-state index contributed by atoms with van der Waals surface area (Å²) in [5.74, 6) is -4.18. The molecule has 0 spiro atoms. The molecule has 6 unspecified atom stereocenters. The van der Waals surface area contributed by atoms with Crippen molar-refractivity contribution in [3.8, 4) is 0 Å². The zero-order valence-electron chi connectivity index (χ0n) is 24.9. The highest BCUT2D eigenvalue weighted by Crippen LogP contribution is 2.19. The number of hydrogen-bond donors (Lipinski definition) is 8. The highest BCUT2D eigenvalue weighted by Gasteiger charge is 2.38. The first-order chi connectivity index (χ1) is 20.8. The van der Waals surface area contributed by atoms with Crippen LogP contribution in [0.1, 0.15) is 39.2 Å². The third-order valence-electron chi connectivity index (χ3n) is 6.96. The van der Waals surface area contributed by atoms with E-state index in [2.05, 4.69) is 51.8 Å². The quantitative estimate of drug-likeness (QED) is 0.100. The van der Waals surface area contributed by atoms with Crippen molar-refractivity contribution in [3.05, 3.63) is 35.9 Å². The summed E-state index contributed by atoms with van der Waals surface area (Å²) in [4.78, 5) is 89.4. The van der Waals surface area contributed by atoms with E-state index in [9.17, 15) is 33.6 Å². The van der Waals surface area contributed by atoms with Crippen molar-refractivity contribution in [2.75, 3.05) is 18.1 Å². The maximum Gasteiger partial charge on any atom is 0.246 e. The summed E-state index contributed by atoms with van der Waals surface area (Å²) in [5.41, 5.74) is 5.95. The molecular weight excluding hydrogens is 610 g/mol. The largest absolute Gasteiger partial charge is 0.368 e.